The van der Waals surface area contributed by atoms with Crippen molar-refractivity contribution >= 4 is 12.0 Å². The van der Waals surface area contributed by atoms with Crippen molar-refractivity contribution in [3.05, 3.63) is 0 Å². The lowest BCUT2D eigenvalue weighted by Gasteiger charge is -2.22. The van der Waals surface area contributed by atoms with Crippen LogP contribution in [0.5, 0.6) is 0 Å². The molecule has 0 aromatic rings. The second-order valence-corrected chi connectivity index (χ2v) is 5.94. The smallest absolute Gasteiger partial charge is 0.317 e. The Hall–Kier alpha value is -1.26. The largest absolute Gasteiger partial charge is 0.481 e. The molecule has 0 saturated heterocycles. The van der Waals surface area contributed by atoms with Gasteiger partial charge in [-0.05, 0) is 44.4 Å². The maximum atomic E-state index is 12.1. The molecule has 19 heavy (non-hydrogen) atoms. The molecule has 0 spiro atoms. The Morgan fingerprint density at radius 1 is 1.32 bits per heavy atom. The molecule has 2 amide bonds. The molecule has 0 aromatic carbocycles. The predicted octanol–water partition coefficient (Wildman–Crippen LogP) is 2.07. The summed E-state index contributed by atoms with van der Waals surface area (Å²) in [6.45, 7) is 3.18. The third kappa shape index (κ3) is 4.73. The number of carboxylic acid groups (broad SMARTS) is 1. The van der Waals surface area contributed by atoms with Crippen LogP contribution in [0.15, 0.2) is 0 Å². The van der Waals surface area contributed by atoms with E-state index in [0.29, 0.717) is 19.0 Å². The summed E-state index contributed by atoms with van der Waals surface area (Å²) in [4.78, 5) is 24.7. The molecular formula is C14H24N2O3. The van der Waals surface area contributed by atoms with Gasteiger partial charge in [0, 0.05) is 19.1 Å². The average Bonchev–Trinajstić information content (AvgIpc) is 3.24. The van der Waals surface area contributed by atoms with Crippen LogP contribution in [-0.4, -0.2) is 41.1 Å². The average molecular weight is 268 g/mol. The van der Waals surface area contributed by atoms with E-state index in [9.17, 15) is 9.59 Å². The van der Waals surface area contributed by atoms with Crippen molar-refractivity contribution in [3.63, 3.8) is 0 Å². The van der Waals surface area contributed by atoms with Gasteiger partial charge in [0.1, 0.15) is 0 Å². The van der Waals surface area contributed by atoms with Gasteiger partial charge in [0.15, 0.2) is 0 Å². The van der Waals surface area contributed by atoms with E-state index in [1.165, 1.54) is 12.8 Å². The van der Waals surface area contributed by atoms with Gasteiger partial charge in [-0.2, -0.15) is 0 Å². The van der Waals surface area contributed by atoms with Crippen molar-refractivity contribution in [2.45, 2.75) is 51.5 Å². The molecule has 5 heteroatoms. The molecule has 0 bridgehead atoms. The van der Waals surface area contributed by atoms with Gasteiger partial charge >= 0.3 is 12.0 Å². The highest BCUT2D eigenvalue weighted by molar-refractivity contribution is 5.75. The lowest BCUT2D eigenvalue weighted by atomic mass is 10.1. The monoisotopic (exact) mass is 268 g/mol. The van der Waals surface area contributed by atoms with Crippen LogP contribution in [0.2, 0.25) is 0 Å². The topological polar surface area (TPSA) is 69.6 Å². The summed E-state index contributed by atoms with van der Waals surface area (Å²) in [6.07, 6.45) is 6.12. The molecule has 0 aliphatic heterocycles. The minimum absolute atomic E-state index is 0.0392. The van der Waals surface area contributed by atoms with Crippen molar-refractivity contribution < 1.29 is 14.7 Å². The van der Waals surface area contributed by atoms with Gasteiger partial charge in [-0.15, -0.1) is 0 Å². The molecule has 2 aliphatic carbocycles. The molecule has 2 rings (SSSR count). The minimum atomic E-state index is -0.764. The molecule has 1 atom stereocenters. The molecule has 108 valence electrons. The highest BCUT2D eigenvalue weighted by Crippen LogP contribution is 2.34. The summed E-state index contributed by atoms with van der Waals surface area (Å²) < 4.78 is 0. The number of carbonyl (C=O) groups is 2. The summed E-state index contributed by atoms with van der Waals surface area (Å²) in [5.41, 5.74) is 0. The number of nitrogens with zero attached hydrogens (tertiary/aromatic N) is 1. The third-order valence-electron chi connectivity index (χ3n) is 3.91. The fraction of sp³-hybridized carbons (Fsp3) is 0.857. The van der Waals surface area contributed by atoms with Crippen LogP contribution in [0.4, 0.5) is 4.79 Å². The summed E-state index contributed by atoms with van der Waals surface area (Å²) >= 11 is 0. The van der Waals surface area contributed by atoms with E-state index in [4.69, 9.17) is 5.11 Å². The Labute approximate surface area is 114 Å². The van der Waals surface area contributed by atoms with Crippen LogP contribution < -0.4 is 5.32 Å². The number of carbonyl (C=O) groups excluding carboxylic acids is 1. The number of urea groups is 1. The molecular weight excluding hydrogens is 244 g/mol. The van der Waals surface area contributed by atoms with Gasteiger partial charge < -0.3 is 15.3 Å². The summed E-state index contributed by atoms with van der Waals surface area (Å²) in [6, 6.07) is 0.496. The summed E-state index contributed by atoms with van der Waals surface area (Å²) in [7, 11) is 0. The molecule has 0 heterocycles. The van der Waals surface area contributed by atoms with E-state index >= 15 is 0 Å². The fourth-order valence-electron chi connectivity index (χ4n) is 2.19. The second-order valence-electron chi connectivity index (χ2n) is 5.94. The van der Waals surface area contributed by atoms with Gasteiger partial charge in [-0.25, -0.2) is 4.79 Å². The van der Waals surface area contributed by atoms with Crippen LogP contribution in [0, 0.1) is 11.8 Å². The third-order valence-corrected chi connectivity index (χ3v) is 3.91. The number of hydrogen-bond acceptors (Lipinski definition) is 2. The number of hydrogen-bond donors (Lipinski definition) is 2. The fourth-order valence-corrected chi connectivity index (χ4v) is 2.19. The van der Waals surface area contributed by atoms with Gasteiger partial charge in [-0.1, -0.05) is 6.92 Å². The zero-order valence-corrected chi connectivity index (χ0v) is 11.6. The van der Waals surface area contributed by atoms with Crippen molar-refractivity contribution in [1.29, 1.82) is 0 Å². The Morgan fingerprint density at radius 2 is 2.00 bits per heavy atom. The number of nitrogens with one attached hydrogen (secondary N) is 1. The van der Waals surface area contributed by atoms with E-state index in [-0.39, 0.29) is 11.9 Å². The van der Waals surface area contributed by atoms with E-state index < -0.39 is 5.97 Å². The maximum absolute atomic E-state index is 12.1. The zero-order valence-electron chi connectivity index (χ0n) is 11.6. The van der Waals surface area contributed by atoms with E-state index in [0.717, 1.165) is 31.7 Å². The number of amides is 2. The number of carboxylic acids is 1. The maximum Gasteiger partial charge on any atom is 0.317 e. The summed E-state index contributed by atoms with van der Waals surface area (Å²) in [5.74, 6) is -0.374. The first-order chi connectivity index (χ1) is 9.08. The summed E-state index contributed by atoms with van der Waals surface area (Å²) in [5, 5.41) is 11.7. The van der Waals surface area contributed by atoms with Crippen molar-refractivity contribution in [3.8, 4) is 0 Å². The first kappa shape index (κ1) is 14.2. The highest BCUT2D eigenvalue weighted by atomic mass is 16.4. The Kier molecular flexibility index (Phi) is 4.66. The van der Waals surface area contributed by atoms with Crippen LogP contribution in [-0.2, 0) is 4.79 Å². The van der Waals surface area contributed by atoms with Crippen molar-refractivity contribution in [1.82, 2.24) is 10.2 Å². The van der Waals surface area contributed by atoms with Crippen LogP contribution >= 0.6 is 0 Å². The van der Waals surface area contributed by atoms with Crippen molar-refractivity contribution in [2.24, 2.45) is 11.8 Å². The second kappa shape index (κ2) is 6.26. The molecule has 0 radical (unpaired) electrons. The zero-order chi connectivity index (χ0) is 13.8. The normalized spacial score (nSPS) is 19.8. The van der Waals surface area contributed by atoms with E-state index in [1.807, 2.05) is 4.90 Å². The van der Waals surface area contributed by atoms with Crippen LogP contribution in [0.1, 0.15) is 45.4 Å². The minimum Gasteiger partial charge on any atom is -0.481 e. The molecule has 1 unspecified atom stereocenters. The van der Waals surface area contributed by atoms with Gasteiger partial charge in [0.2, 0.25) is 0 Å². The molecule has 5 nitrogen and oxygen atoms in total. The quantitative estimate of drug-likeness (QED) is 0.662. The lowest BCUT2D eigenvalue weighted by Crippen LogP contribution is -2.42. The molecule has 2 N–H and O–H groups in total. The molecule has 2 fully saturated rings. The number of aliphatic carboxylic acids is 1. The Bertz CT molecular complexity index is 338. The molecule has 0 aromatic heterocycles. The Balaban J connectivity index is 1.63. The predicted molar refractivity (Wildman–Crippen MR) is 71.9 cm³/mol. The first-order valence-corrected chi connectivity index (χ1v) is 7.35. The van der Waals surface area contributed by atoms with Gasteiger partial charge in [0.25, 0.3) is 0 Å². The van der Waals surface area contributed by atoms with Crippen LogP contribution in [0.25, 0.3) is 0 Å². The van der Waals surface area contributed by atoms with E-state index in [2.05, 4.69) is 5.32 Å². The molecule has 2 saturated carbocycles. The first-order valence-electron chi connectivity index (χ1n) is 7.35. The van der Waals surface area contributed by atoms with E-state index in [1.54, 1.807) is 6.92 Å². The number of rotatable bonds is 8. The SMILES string of the molecule is CC(CCCNC(=O)N(CC1CC1)C1CC1)C(=O)O. The van der Waals surface area contributed by atoms with Crippen LogP contribution in [0.3, 0.4) is 0 Å². The molecule has 2 aliphatic rings. The highest BCUT2D eigenvalue weighted by Gasteiger charge is 2.36. The van der Waals surface area contributed by atoms with Gasteiger partial charge in [-0.3, -0.25) is 4.79 Å². The van der Waals surface area contributed by atoms with Gasteiger partial charge in [0.05, 0.1) is 5.92 Å². The lowest BCUT2D eigenvalue weighted by molar-refractivity contribution is -0.141. The Morgan fingerprint density at radius 3 is 2.53 bits per heavy atom. The standard InChI is InChI=1S/C14H24N2O3/c1-10(13(17)18)3-2-8-15-14(19)16(12-6-7-12)9-11-4-5-11/h10-12H,2-9H2,1H3,(H,15,19)(H,17,18). The van der Waals surface area contributed by atoms with Crippen molar-refractivity contribution in [2.75, 3.05) is 13.1 Å².